The van der Waals surface area contributed by atoms with Gasteiger partial charge in [0.15, 0.2) is 11.4 Å². The van der Waals surface area contributed by atoms with Gasteiger partial charge in [-0.05, 0) is 36.8 Å². The number of carbonyl (C=O) groups is 2. The highest BCUT2D eigenvalue weighted by Crippen LogP contribution is 2.16. The number of ether oxygens (including phenoxy) is 1. The summed E-state index contributed by atoms with van der Waals surface area (Å²) in [4.78, 5) is 29.2. The Morgan fingerprint density at radius 3 is 2.87 bits per heavy atom. The van der Waals surface area contributed by atoms with Crippen molar-refractivity contribution in [1.29, 1.82) is 0 Å². The molecule has 31 heavy (non-hydrogen) atoms. The molecule has 2 aromatic carbocycles. The van der Waals surface area contributed by atoms with E-state index < -0.39 is 18.5 Å². The highest BCUT2D eigenvalue weighted by molar-refractivity contribution is 7.07. The predicted molar refractivity (Wildman–Crippen MR) is 117 cm³/mol. The van der Waals surface area contributed by atoms with Gasteiger partial charge in [-0.2, -0.15) is 4.99 Å². The first-order valence-electron chi connectivity index (χ1n) is 9.50. The van der Waals surface area contributed by atoms with Crippen LogP contribution in [0, 0.1) is 0 Å². The van der Waals surface area contributed by atoms with Gasteiger partial charge in [-0.1, -0.05) is 35.0 Å². The molecule has 0 fully saturated rings. The number of hydrogen-bond acceptors (Lipinski definition) is 6. The quantitative estimate of drug-likeness (QED) is 0.416. The van der Waals surface area contributed by atoms with Gasteiger partial charge in [0.05, 0.1) is 17.6 Å². The number of aryl methyl sites for hydroxylation is 1. The maximum atomic E-state index is 12.3. The van der Waals surface area contributed by atoms with Crippen molar-refractivity contribution in [1.82, 2.24) is 19.6 Å². The summed E-state index contributed by atoms with van der Waals surface area (Å²) in [5.41, 5.74) is 2.63. The highest BCUT2D eigenvalue weighted by atomic mass is 35.5. The lowest BCUT2D eigenvalue weighted by atomic mass is 10.2. The first kappa shape index (κ1) is 21.0. The molecule has 0 N–H and O–H groups in total. The summed E-state index contributed by atoms with van der Waals surface area (Å²) in [5, 5.41) is 10.5. The maximum absolute atomic E-state index is 12.3. The van der Waals surface area contributed by atoms with Crippen LogP contribution in [-0.2, 0) is 22.6 Å². The van der Waals surface area contributed by atoms with Crippen molar-refractivity contribution >= 4 is 45.8 Å². The summed E-state index contributed by atoms with van der Waals surface area (Å²) in [6, 6.07) is 12.5. The van der Waals surface area contributed by atoms with Crippen LogP contribution < -0.4 is 4.80 Å². The number of thiazole rings is 1. The van der Waals surface area contributed by atoms with E-state index in [2.05, 4.69) is 15.3 Å². The van der Waals surface area contributed by atoms with Gasteiger partial charge in [0.1, 0.15) is 5.52 Å². The van der Waals surface area contributed by atoms with Gasteiger partial charge in [0.2, 0.25) is 0 Å². The largest absolute Gasteiger partial charge is 0.452 e. The van der Waals surface area contributed by atoms with E-state index in [9.17, 15) is 9.59 Å². The summed E-state index contributed by atoms with van der Waals surface area (Å²) >= 11 is 7.53. The molecule has 0 aliphatic rings. The molecule has 0 aliphatic carbocycles. The molecule has 2 aromatic heterocycles. The van der Waals surface area contributed by atoms with E-state index in [4.69, 9.17) is 16.3 Å². The SMILES string of the molecule is CCn1nnc2cc(C(=O)OCC(=O)N=c3sccn3Cc3ccccc3Cl)ccc21. The van der Waals surface area contributed by atoms with Crippen LogP contribution in [0.1, 0.15) is 22.8 Å². The standard InChI is InChI=1S/C21H18ClN5O3S/c1-2-27-18-8-7-14(11-17(18)24-25-27)20(29)30-13-19(28)23-21-26(9-10-31-21)12-15-5-3-4-6-16(15)22/h3-11H,2,12-13H2,1H3. The van der Waals surface area contributed by atoms with E-state index in [1.54, 1.807) is 22.9 Å². The lowest BCUT2D eigenvalue weighted by Crippen LogP contribution is -2.20. The Labute approximate surface area is 186 Å². The number of carbonyl (C=O) groups excluding carboxylic acids is 2. The number of aromatic nitrogens is 4. The molecule has 0 bridgehead atoms. The van der Waals surface area contributed by atoms with Crippen molar-refractivity contribution in [3.05, 3.63) is 75.0 Å². The van der Waals surface area contributed by atoms with Crippen molar-refractivity contribution in [2.45, 2.75) is 20.0 Å². The first-order valence-corrected chi connectivity index (χ1v) is 10.8. The van der Waals surface area contributed by atoms with Gasteiger partial charge < -0.3 is 9.30 Å². The fourth-order valence-electron chi connectivity index (χ4n) is 3.00. The molecule has 0 aliphatic heterocycles. The fraction of sp³-hybridized carbons (Fsp3) is 0.190. The number of nitrogens with zero attached hydrogens (tertiary/aromatic N) is 5. The van der Waals surface area contributed by atoms with Crippen LogP contribution in [0.2, 0.25) is 5.02 Å². The summed E-state index contributed by atoms with van der Waals surface area (Å²) in [7, 11) is 0. The molecule has 8 nitrogen and oxygen atoms in total. The summed E-state index contributed by atoms with van der Waals surface area (Å²) < 4.78 is 8.68. The Balaban J connectivity index is 1.42. The van der Waals surface area contributed by atoms with Crippen molar-refractivity contribution in [3.63, 3.8) is 0 Å². The van der Waals surface area contributed by atoms with Crippen LogP contribution in [-0.4, -0.2) is 38.0 Å². The number of hydrogen-bond donors (Lipinski definition) is 0. The second-order valence-electron chi connectivity index (χ2n) is 6.60. The molecule has 0 atom stereocenters. The normalized spacial score (nSPS) is 11.7. The van der Waals surface area contributed by atoms with Gasteiger partial charge in [-0.15, -0.1) is 16.4 Å². The van der Waals surface area contributed by atoms with E-state index in [0.717, 1.165) is 11.1 Å². The molecule has 0 radical (unpaired) electrons. The number of fused-ring (bicyclic) bond motifs is 1. The van der Waals surface area contributed by atoms with Crippen LogP contribution in [0.4, 0.5) is 0 Å². The molecular weight excluding hydrogens is 438 g/mol. The van der Waals surface area contributed by atoms with Gasteiger partial charge in [-0.3, -0.25) is 4.79 Å². The van der Waals surface area contributed by atoms with E-state index >= 15 is 0 Å². The maximum Gasteiger partial charge on any atom is 0.338 e. The number of rotatable bonds is 6. The molecule has 0 unspecified atom stereocenters. The lowest BCUT2D eigenvalue weighted by molar-refractivity contribution is -0.121. The zero-order chi connectivity index (χ0) is 21.8. The number of benzene rings is 2. The minimum atomic E-state index is -0.619. The molecule has 4 aromatic rings. The highest BCUT2D eigenvalue weighted by Gasteiger charge is 2.13. The third kappa shape index (κ3) is 4.73. The minimum absolute atomic E-state index is 0.299. The fourth-order valence-corrected chi connectivity index (χ4v) is 3.94. The Morgan fingerprint density at radius 2 is 2.06 bits per heavy atom. The Bertz CT molecular complexity index is 1320. The monoisotopic (exact) mass is 455 g/mol. The molecular formula is C21H18ClN5O3S. The predicted octanol–water partition coefficient (Wildman–Crippen LogP) is 3.30. The van der Waals surface area contributed by atoms with Crippen molar-refractivity contribution in [3.8, 4) is 0 Å². The lowest BCUT2D eigenvalue weighted by Gasteiger charge is -2.05. The minimum Gasteiger partial charge on any atom is -0.452 e. The number of amides is 1. The Kier molecular flexibility index (Phi) is 6.24. The third-order valence-corrected chi connectivity index (χ3v) is 5.72. The van der Waals surface area contributed by atoms with E-state index in [0.29, 0.717) is 34.0 Å². The summed E-state index contributed by atoms with van der Waals surface area (Å²) in [6.45, 7) is 2.66. The zero-order valence-electron chi connectivity index (χ0n) is 16.6. The van der Waals surface area contributed by atoms with Gasteiger partial charge in [-0.25, -0.2) is 9.48 Å². The summed E-state index contributed by atoms with van der Waals surface area (Å²) in [6.07, 6.45) is 1.82. The topological polar surface area (TPSA) is 91.4 Å². The second-order valence-corrected chi connectivity index (χ2v) is 7.88. The summed E-state index contributed by atoms with van der Waals surface area (Å²) in [5.74, 6) is -1.17. The van der Waals surface area contributed by atoms with Crippen LogP contribution in [0.3, 0.4) is 0 Å². The third-order valence-electron chi connectivity index (χ3n) is 4.55. The first-order chi connectivity index (χ1) is 15.0. The van der Waals surface area contributed by atoms with E-state index in [1.165, 1.54) is 11.3 Å². The van der Waals surface area contributed by atoms with Gasteiger partial charge in [0, 0.05) is 23.1 Å². The average molecular weight is 456 g/mol. The second kappa shape index (κ2) is 9.23. The average Bonchev–Trinajstić information content (AvgIpc) is 3.39. The van der Waals surface area contributed by atoms with Gasteiger partial charge >= 0.3 is 5.97 Å². The van der Waals surface area contributed by atoms with Crippen LogP contribution in [0.5, 0.6) is 0 Å². The molecule has 1 amide bonds. The van der Waals surface area contributed by atoms with Crippen LogP contribution >= 0.6 is 22.9 Å². The molecule has 4 rings (SSSR count). The Morgan fingerprint density at radius 1 is 1.23 bits per heavy atom. The molecule has 0 saturated carbocycles. The zero-order valence-corrected chi connectivity index (χ0v) is 18.1. The molecule has 158 valence electrons. The number of halogens is 1. The molecule has 0 spiro atoms. The number of esters is 1. The van der Waals surface area contributed by atoms with Crippen molar-refractivity contribution in [2.75, 3.05) is 6.61 Å². The van der Waals surface area contributed by atoms with E-state index in [-0.39, 0.29) is 0 Å². The molecule has 10 heteroatoms. The van der Waals surface area contributed by atoms with Crippen LogP contribution in [0.25, 0.3) is 11.0 Å². The molecule has 0 saturated heterocycles. The van der Waals surface area contributed by atoms with E-state index in [1.807, 2.05) is 47.3 Å². The van der Waals surface area contributed by atoms with Gasteiger partial charge in [0.25, 0.3) is 5.91 Å². The van der Waals surface area contributed by atoms with Crippen molar-refractivity contribution < 1.29 is 14.3 Å². The molecule has 2 heterocycles. The van der Waals surface area contributed by atoms with Crippen LogP contribution in [0.15, 0.2) is 59.0 Å². The smallest absolute Gasteiger partial charge is 0.338 e. The van der Waals surface area contributed by atoms with Crippen molar-refractivity contribution in [2.24, 2.45) is 4.99 Å². The Hall–Kier alpha value is -3.30.